The Morgan fingerprint density at radius 3 is 2.17 bits per heavy atom. The fraction of sp³-hybridized carbons (Fsp3) is 1.00. The Bertz CT molecular complexity index is 109. The topological polar surface area (TPSA) is 24.5 Å². The van der Waals surface area contributed by atoms with E-state index in [1.54, 1.807) is 0 Å². The number of hydrogen-bond donors (Lipinski definition) is 1. The van der Waals surface area contributed by atoms with Gasteiger partial charge in [-0.15, -0.1) is 0 Å². The number of rotatable bonds is 1. The molecule has 2 aliphatic rings. The zero-order valence-corrected chi connectivity index (χ0v) is 8.18. The Labute approximate surface area is 75.1 Å². The van der Waals surface area contributed by atoms with Gasteiger partial charge in [-0.25, -0.2) is 0 Å². The van der Waals surface area contributed by atoms with Crippen LogP contribution in [0.2, 0.25) is 0 Å². The summed E-state index contributed by atoms with van der Waals surface area (Å²) in [5, 5.41) is 3.28. The van der Waals surface area contributed by atoms with Gasteiger partial charge in [-0.2, -0.15) is 0 Å². The summed E-state index contributed by atoms with van der Waals surface area (Å²) in [5.74, 6) is 0. The maximum atomic E-state index is 5.26. The van der Waals surface area contributed by atoms with E-state index in [-0.39, 0.29) is 0 Å². The van der Waals surface area contributed by atoms with Gasteiger partial charge in [0.15, 0.2) is 0 Å². The molecular formula is C9H20N2O. The van der Waals surface area contributed by atoms with Crippen molar-refractivity contribution in [3.8, 4) is 0 Å². The lowest BCUT2D eigenvalue weighted by atomic mass is 10.1. The van der Waals surface area contributed by atoms with Crippen LogP contribution in [0.5, 0.6) is 0 Å². The van der Waals surface area contributed by atoms with Crippen LogP contribution in [0.25, 0.3) is 0 Å². The van der Waals surface area contributed by atoms with E-state index < -0.39 is 0 Å². The lowest BCUT2D eigenvalue weighted by molar-refractivity contribution is 0.00509. The Hall–Kier alpha value is -0.120. The molecule has 0 atom stereocenters. The lowest BCUT2D eigenvalue weighted by Crippen LogP contribution is -2.59. The normalized spacial score (nSPS) is 25.5. The summed E-state index contributed by atoms with van der Waals surface area (Å²) < 4.78 is 5.26. The molecule has 2 fully saturated rings. The smallest absolute Gasteiger partial charge is 0.0594 e. The molecule has 2 rings (SSSR count). The monoisotopic (exact) mass is 172 g/mol. The molecule has 0 saturated carbocycles. The standard InChI is InChI=1S/C7H14N2O.C2H6/c1-3-10-4-2-9(1)7-5-8-6-7;1-2/h7-8H,1-6H2;1-2H3. The highest BCUT2D eigenvalue weighted by Crippen LogP contribution is 2.06. The molecule has 3 heteroatoms. The molecule has 0 aromatic heterocycles. The third-order valence-corrected chi connectivity index (χ3v) is 2.32. The Morgan fingerprint density at radius 2 is 1.75 bits per heavy atom. The second kappa shape index (κ2) is 5.51. The second-order valence-electron chi connectivity index (χ2n) is 2.96. The van der Waals surface area contributed by atoms with Gasteiger partial charge in [-0.05, 0) is 0 Å². The van der Waals surface area contributed by atoms with Crippen molar-refractivity contribution in [1.82, 2.24) is 10.2 Å². The first-order valence-corrected chi connectivity index (χ1v) is 4.99. The minimum atomic E-state index is 0.809. The van der Waals surface area contributed by atoms with Crippen molar-refractivity contribution in [2.24, 2.45) is 0 Å². The van der Waals surface area contributed by atoms with Gasteiger partial charge in [0.05, 0.1) is 13.2 Å². The SMILES string of the molecule is C1CN(C2CNC2)CCO1.CC. The summed E-state index contributed by atoms with van der Waals surface area (Å²) in [4.78, 5) is 2.51. The molecule has 0 aromatic carbocycles. The fourth-order valence-corrected chi connectivity index (χ4v) is 1.47. The van der Waals surface area contributed by atoms with Gasteiger partial charge in [0.25, 0.3) is 0 Å². The van der Waals surface area contributed by atoms with Crippen LogP contribution in [0, 0.1) is 0 Å². The van der Waals surface area contributed by atoms with Crippen LogP contribution in [0.4, 0.5) is 0 Å². The van der Waals surface area contributed by atoms with E-state index in [0.29, 0.717) is 0 Å². The first kappa shape index (κ1) is 9.96. The van der Waals surface area contributed by atoms with Crippen LogP contribution >= 0.6 is 0 Å². The highest BCUT2D eigenvalue weighted by atomic mass is 16.5. The summed E-state index contributed by atoms with van der Waals surface area (Å²) in [5.41, 5.74) is 0. The van der Waals surface area contributed by atoms with E-state index in [1.165, 1.54) is 13.1 Å². The van der Waals surface area contributed by atoms with Crippen LogP contribution in [0.15, 0.2) is 0 Å². The van der Waals surface area contributed by atoms with Crippen molar-refractivity contribution in [3.05, 3.63) is 0 Å². The number of hydrogen-bond acceptors (Lipinski definition) is 3. The van der Waals surface area contributed by atoms with E-state index in [1.807, 2.05) is 13.8 Å². The van der Waals surface area contributed by atoms with Crippen molar-refractivity contribution >= 4 is 0 Å². The van der Waals surface area contributed by atoms with Crippen molar-refractivity contribution in [3.63, 3.8) is 0 Å². The van der Waals surface area contributed by atoms with Gasteiger partial charge < -0.3 is 10.1 Å². The van der Waals surface area contributed by atoms with Crippen molar-refractivity contribution in [2.45, 2.75) is 19.9 Å². The Morgan fingerprint density at radius 1 is 1.17 bits per heavy atom. The third kappa shape index (κ3) is 2.44. The van der Waals surface area contributed by atoms with Crippen LogP contribution < -0.4 is 5.32 Å². The molecule has 12 heavy (non-hydrogen) atoms. The van der Waals surface area contributed by atoms with Crippen molar-refractivity contribution in [2.75, 3.05) is 39.4 Å². The van der Waals surface area contributed by atoms with Crippen LogP contribution in [-0.4, -0.2) is 50.3 Å². The number of nitrogens with one attached hydrogen (secondary N) is 1. The maximum absolute atomic E-state index is 5.26. The average Bonchev–Trinajstić information content (AvgIpc) is 2.07. The maximum Gasteiger partial charge on any atom is 0.0594 e. The highest BCUT2D eigenvalue weighted by molar-refractivity contribution is 4.85. The van der Waals surface area contributed by atoms with Crippen LogP contribution in [0.3, 0.4) is 0 Å². The summed E-state index contributed by atoms with van der Waals surface area (Å²) in [6.07, 6.45) is 0. The van der Waals surface area contributed by atoms with Crippen molar-refractivity contribution in [1.29, 1.82) is 0 Å². The van der Waals surface area contributed by atoms with Gasteiger partial charge >= 0.3 is 0 Å². The molecule has 0 bridgehead atoms. The van der Waals surface area contributed by atoms with Gasteiger partial charge in [0.1, 0.15) is 0 Å². The second-order valence-corrected chi connectivity index (χ2v) is 2.96. The molecule has 2 aliphatic heterocycles. The number of morpholine rings is 1. The molecule has 0 radical (unpaired) electrons. The molecule has 0 spiro atoms. The summed E-state index contributed by atoms with van der Waals surface area (Å²) >= 11 is 0. The van der Waals surface area contributed by atoms with Gasteiger partial charge in [-0.3, -0.25) is 4.90 Å². The Balaban J connectivity index is 0.000000336. The molecule has 2 saturated heterocycles. The van der Waals surface area contributed by atoms with Crippen LogP contribution in [-0.2, 0) is 4.74 Å². The van der Waals surface area contributed by atoms with E-state index in [4.69, 9.17) is 4.74 Å². The number of ether oxygens (including phenoxy) is 1. The minimum Gasteiger partial charge on any atom is -0.379 e. The van der Waals surface area contributed by atoms with E-state index in [2.05, 4.69) is 10.2 Å². The third-order valence-electron chi connectivity index (χ3n) is 2.32. The van der Waals surface area contributed by atoms with Gasteiger partial charge in [0.2, 0.25) is 0 Å². The quantitative estimate of drug-likeness (QED) is 0.616. The first-order valence-electron chi connectivity index (χ1n) is 4.99. The van der Waals surface area contributed by atoms with Gasteiger partial charge in [-0.1, -0.05) is 13.8 Å². The predicted molar refractivity (Wildman–Crippen MR) is 50.4 cm³/mol. The minimum absolute atomic E-state index is 0.809. The lowest BCUT2D eigenvalue weighted by Gasteiger charge is -2.40. The molecule has 0 aliphatic carbocycles. The molecule has 1 N–H and O–H groups in total. The fourth-order valence-electron chi connectivity index (χ4n) is 1.47. The van der Waals surface area contributed by atoms with E-state index in [0.717, 1.165) is 32.3 Å². The molecule has 3 nitrogen and oxygen atoms in total. The highest BCUT2D eigenvalue weighted by Gasteiger charge is 2.25. The molecular weight excluding hydrogens is 152 g/mol. The summed E-state index contributed by atoms with van der Waals surface area (Å²) in [7, 11) is 0. The average molecular weight is 172 g/mol. The van der Waals surface area contributed by atoms with Crippen molar-refractivity contribution < 1.29 is 4.74 Å². The zero-order valence-electron chi connectivity index (χ0n) is 8.18. The molecule has 0 amide bonds. The Kier molecular flexibility index (Phi) is 4.58. The number of nitrogens with zero attached hydrogens (tertiary/aromatic N) is 1. The molecule has 0 unspecified atom stereocenters. The largest absolute Gasteiger partial charge is 0.379 e. The van der Waals surface area contributed by atoms with Gasteiger partial charge in [0, 0.05) is 32.2 Å². The first-order chi connectivity index (χ1) is 5.97. The van der Waals surface area contributed by atoms with Crippen LogP contribution in [0.1, 0.15) is 13.8 Å². The molecule has 2 heterocycles. The summed E-state index contributed by atoms with van der Waals surface area (Å²) in [6, 6.07) is 0.809. The molecule has 0 aromatic rings. The van der Waals surface area contributed by atoms with E-state index >= 15 is 0 Å². The predicted octanol–water partition coefficient (Wildman–Crippen LogP) is 0.317. The molecule has 72 valence electrons. The summed E-state index contributed by atoms with van der Waals surface area (Å²) in [6.45, 7) is 10.5. The zero-order chi connectivity index (χ0) is 8.81. The van der Waals surface area contributed by atoms with E-state index in [9.17, 15) is 0 Å².